The molecule has 3 aromatic rings. The lowest BCUT2D eigenvalue weighted by atomic mass is 9.95. The van der Waals surface area contributed by atoms with Gasteiger partial charge in [0.2, 0.25) is 5.88 Å². The number of pyridine rings is 1. The molecule has 43 heavy (non-hydrogen) atoms. The van der Waals surface area contributed by atoms with Gasteiger partial charge in [-0.2, -0.15) is 0 Å². The van der Waals surface area contributed by atoms with E-state index in [1.165, 1.54) is 30.2 Å². The van der Waals surface area contributed by atoms with Crippen LogP contribution in [0.2, 0.25) is 0 Å². The molecule has 4 fully saturated rings. The first-order valence-electron chi connectivity index (χ1n) is 15.6. The molecule has 0 amide bonds. The van der Waals surface area contributed by atoms with Crippen LogP contribution in [0.25, 0.3) is 10.8 Å². The maximum atomic E-state index is 14.8. The fourth-order valence-corrected chi connectivity index (χ4v) is 8.50. The number of halogens is 2. The van der Waals surface area contributed by atoms with Crippen LogP contribution in [0.3, 0.4) is 0 Å². The number of hydrogen-bond acceptors (Lipinski definition) is 7. The molecule has 2 bridgehead atoms. The first kappa shape index (κ1) is 27.0. The molecule has 0 saturated carbocycles. The standard InChI is InChI=1S/C34H37F2N5O2/c1-2-26-28(36)7-4-21-12-25(42)13-31(33(21)26)39-11-8-27-29(19-39)38-32(14-30(27)40-17-23-5-6-24(18-40)37-23)43-20-34-9-3-10-41(34)16-22(35)15-34/h1,4,7,12-14,22-24,37,42H,3,5-6,8-11,15-20H2/t22-,23?,24?,34+/m1/s1. The molecule has 7 nitrogen and oxygen atoms in total. The second-order valence-corrected chi connectivity index (χ2v) is 13.1. The highest BCUT2D eigenvalue weighted by molar-refractivity contribution is 6.00. The summed E-state index contributed by atoms with van der Waals surface area (Å²) < 4.78 is 35.8. The third kappa shape index (κ3) is 4.58. The van der Waals surface area contributed by atoms with Gasteiger partial charge in [0.15, 0.2) is 0 Å². The molecule has 9 heteroatoms. The molecule has 2 unspecified atom stereocenters. The zero-order chi connectivity index (χ0) is 29.3. The molecule has 0 spiro atoms. The van der Waals surface area contributed by atoms with Crippen LogP contribution in [0, 0.1) is 18.2 Å². The number of nitrogens with one attached hydrogen (secondary N) is 1. The lowest BCUT2D eigenvalue weighted by Crippen LogP contribution is -2.51. The number of alkyl halides is 1. The molecule has 4 atom stereocenters. The van der Waals surface area contributed by atoms with Gasteiger partial charge in [0.1, 0.15) is 24.3 Å². The second-order valence-electron chi connectivity index (χ2n) is 13.1. The Hall–Kier alpha value is -3.61. The van der Waals surface area contributed by atoms with E-state index in [0.717, 1.165) is 44.6 Å². The minimum Gasteiger partial charge on any atom is -0.508 e. The Labute approximate surface area is 250 Å². The average molecular weight is 586 g/mol. The number of phenolic OH excluding ortho intramolecular Hbond substituents is 1. The van der Waals surface area contributed by atoms with E-state index < -0.39 is 12.0 Å². The van der Waals surface area contributed by atoms with Crippen molar-refractivity contribution in [2.45, 2.75) is 68.9 Å². The zero-order valence-corrected chi connectivity index (χ0v) is 24.3. The SMILES string of the molecule is C#Cc1c(F)ccc2cc(O)cc(N3CCc4c(N5CC6CCC(C5)N6)cc(OC[C@@]56CCCN5C[C@H](F)C6)nc4C3)c12. The third-order valence-electron chi connectivity index (χ3n) is 10.5. The molecule has 6 heterocycles. The number of hydrogen-bond donors (Lipinski definition) is 2. The predicted molar refractivity (Wildman–Crippen MR) is 163 cm³/mol. The summed E-state index contributed by atoms with van der Waals surface area (Å²) in [7, 11) is 0. The monoisotopic (exact) mass is 585 g/mol. The zero-order valence-electron chi connectivity index (χ0n) is 24.3. The molecule has 5 aliphatic rings. The Balaban J connectivity index is 1.17. The van der Waals surface area contributed by atoms with Crippen molar-refractivity contribution in [2.75, 3.05) is 49.1 Å². The van der Waals surface area contributed by atoms with E-state index in [2.05, 4.69) is 32.0 Å². The Morgan fingerprint density at radius 2 is 1.93 bits per heavy atom. The van der Waals surface area contributed by atoms with E-state index in [-0.39, 0.29) is 16.9 Å². The molecule has 4 saturated heterocycles. The van der Waals surface area contributed by atoms with Crippen LogP contribution in [-0.4, -0.2) is 78.1 Å². The maximum absolute atomic E-state index is 14.8. The van der Waals surface area contributed by atoms with E-state index in [0.29, 0.717) is 67.1 Å². The van der Waals surface area contributed by atoms with Gasteiger partial charge in [-0.15, -0.1) is 6.42 Å². The number of fused-ring (bicyclic) bond motifs is 5. The quantitative estimate of drug-likeness (QED) is 0.427. The minimum atomic E-state index is -0.810. The molecule has 224 valence electrons. The number of anilines is 2. The summed E-state index contributed by atoms with van der Waals surface area (Å²) in [5, 5.41) is 15.7. The molecule has 2 aromatic carbocycles. The van der Waals surface area contributed by atoms with Gasteiger partial charge in [0.25, 0.3) is 0 Å². The first-order chi connectivity index (χ1) is 20.9. The molecular formula is C34H37F2N5O2. The Kier molecular flexibility index (Phi) is 6.43. The molecule has 1 aromatic heterocycles. The van der Waals surface area contributed by atoms with Gasteiger partial charge < -0.3 is 25.0 Å². The molecule has 8 rings (SSSR count). The number of ether oxygens (including phenoxy) is 1. The lowest BCUT2D eigenvalue weighted by Gasteiger charge is -2.39. The van der Waals surface area contributed by atoms with Crippen LogP contribution in [0.5, 0.6) is 11.6 Å². The molecule has 2 N–H and O–H groups in total. The summed E-state index contributed by atoms with van der Waals surface area (Å²) in [6.07, 6.45) is 10.6. The van der Waals surface area contributed by atoms with Gasteiger partial charge in [-0.25, -0.2) is 13.8 Å². The van der Waals surface area contributed by atoms with Crippen molar-refractivity contribution in [1.82, 2.24) is 15.2 Å². The highest BCUT2D eigenvalue weighted by Crippen LogP contribution is 2.42. The summed E-state index contributed by atoms with van der Waals surface area (Å²) in [6, 6.07) is 9.36. The summed E-state index contributed by atoms with van der Waals surface area (Å²) >= 11 is 0. The Bertz CT molecular complexity index is 1630. The van der Waals surface area contributed by atoms with Gasteiger partial charge in [0.05, 0.1) is 23.3 Å². The van der Waals surface area contributed by atoms with Crippen molar-refractivity contribution in [2.24, 2.45) is 0 Å². The van der Waals surface area contributed by atoms with Crippen LogP contribution in [-0.2, 0) is 13.0 Å². The highest BCUT2D eigenvalue weighted by Gasteiger charge is 2.49. The van der Waals surface area contributed by atoms with E-state index in [1.807, 2.05) is 0 Å². The largest absolute Gasteiger partial charge is 0.508 e. The van der Waals surface area contributed by atoms with Gasteiger partial charge in [-0.05, 0) is 56.2 Å². The fourth-order valence-electron chi connectivity index (χ4n) is 8.50. The van der Waals surface area contributed by atoms with Crippen LogP contribution >= 0.6 is 0 Å². The van der Waals surface area contributed by atoms with Gasteiger partial charge >= 0.3 is 0 Å². The van der Waals surface area contributed by atoms with Gasteiger partial charge in [-0.1, -0.05) is 12.0 Å². The van der Waals surface area contributed by atoms with Crippen LogP contribution in [0.1, 0.15) is 48.9 Å². The molecule has 0 radical (unpaired) electrons. The summed E-state index contributed by atoms with van der Waals surface area (Å²) in [4.78, 5) is 11.9. The summed E-state index contributed by atoms with van der Waals surface area (Å²) in [6.45, 7) is 4.87. The van der Waals surface area contributed by atoms with Crippen molar-refractivity contribution < 1.29 is 18.6 Å². The Morgan fingerprint density at radius 3 is 2.74 bits per heavy atom. The van der Waals surface area contributed by atoms with Crippen molar-refractivity contribution >= 4 is 22.1 Å². The summed E-state index contributed by atoms with van der Waals surface area (Å²) in [5.41, 5.74) is 3.93. The Morgan fingerprint density at radius 1 is 1.09 bits per heavy atom. The van der Waals surface area contributed by atoms with Crippen molar-refractivity contribution in [3.8, 4) is 24.0 Å². The molecule has 5 aliphatic heterocycles. The number of benzene rings is 2. The van der Waals surface area contributed by atoms with E-state index in [9.17, 15) is 13.9 Å². The maximum Gasteiger partial charge on any atom is 0.215 e. The lowest BCUT2D eigenvalue weighted by molar-refractivity contribution is 0.110. The number of piperazine rings is 1. The average Bonchev–Trinajstić information content (AvgIpc) is 3.65. The van der Waals surface area contributed by atoms with Crippen LogP contribution < -0.4 is 19.9 Å². The second kappa shape index (κ2) is 10.2. The number of rotatable bonds is 5. The fraction of sp³-hybridized carbons (Fsp3) is 0.500. The van der Waals surface area contributed by atoms with Crippen molar-refractivity contribution in [3.63, 3.8) is 0 Å². The van der Waals surface area contributed by atoms with E-state index >= 15 is 0 Å². The molecule has 0 aliphatic carbocycles. The smallest absolute Gasteiger partial charge is 0.215 e. The molecular weight excluding hydrogens is 548 g/mol. The first-order valence-corrected chi connectivity index (χ1v) is 15.6. The number of nitrogens with zero attached hydrogens (tertiary/aromatic N) is 4. The van der Waals surface area contributed by atoms with Crippen LogP contribution in [0.15, 0.2) is 30.3 Å². The van der Waals surface area contributed by atoms with Gasteiger partial charge in [-0.3, -0.25) is 4.90 Å². The normalized spacial score (nSPS) is 28.3. The third-order valence-corrected chi connectivity index (χ3v) is 10.5. The number of phenols is 1. The highest BCUT2D eigenvalue weighted by atomic mass is 19.1. The van der Waals surface area contributed by atoms with Crippen molar-refractivity contribution in [1.29, 1.82) is 0 Å². The topological polar surface area (TPSA) is 64.1 Å². The van der Waals surface area contributed by atoms with Gasteiger partial charge in [0, 0.05) is 79.1 Å². The number of terminal acetylenes is 1. The van der Waals surface area contributed by atoms with Crippen molar-refractivity contribution in [3.05, 3.63) is 53.0 Å². The van der Waals surface area contributed by atoms with Crippen LogP contribution in [0.4, 0.5) is 20.2 Å². The number of aromatic nitrogens is 1. The van der Waals surface area contributed by atoms with E-state index in [1.54, 1.807) is 18.2 Å². The van der Waals surface area contributed by atoms with E-state index in [4.69, 9.17) is 16.1 Å². The summed E-state index contributed by atoms with van der Waals surface area (Å²) in [5.74, 6) is 2.76. The number of aromatic hydroxyl groups is 1. The predicted octanol–water partition coefficient (Wildman–Crippen LogP) is 4.52. The minimum absolute atomic E-state index is 0.105.